The summed E-state index contributed by atoms with van der Waals surface area (Å²) < 4.78 is 6.86. The summed E-state index contributed by atoms with van der Waals surface area (Å²) in [6.45, 7) is 1.58. The summed E-state index contributed by atoms with van der Waals surface area (Å²) in [6, 6.07) is 11.3. The largest absolute Gasteiger partial charge is 0.497 e. The Labute approximate surface area is 150 Å². The summed E-state index contributed by atoms with van der Waals surface area (Å²) in [7, 11) is 1.61. The van der Waals surface area contributed by atoms with E-state index in [1.165, 1.54) is 0 Å². The molecule has 1 aliphatic heterocycles. The molecule has 0 atom stereocenters. The number of ether oxygens (including phenoxy) is 1. The van der Waals surface area contributed by atoms with Crippen molar-refractivity contribution in [2.24, 2.45) is 5.92 Å². The Morgan fingerprint density at radius 2 is 2.08 bits per heavy atom. The lowest BCUT2D eigenvalue weighted by Gasteiger charge is -2.32. The molecular formula is C18H20N6O2. The van der Waals surface area contributed by atoms with Gasteiger partial charge in [-0.3, -0.25) is 4.79 Å². The van der Waals surface area contributed by atoms with Crippen LogP contribution in [0.25, 0.3) is 5.65 Å². The molecule has 0 radical (unpaired) electrons. The molecule has 1 saturated heterocycles. The van der Waals surface area contributed by atoms with Crippen LogP contribution in [0.4, 0.5) is 11.5 Å². The van der Waals surface area contributed by atoms with Crippen LogP contribution in [0.2, 0.25) is 0 Å². The lowest BCUT2D eigenvalue weighted by Crippen LogP contribution is -2.38. The van der Waals surface area contributed by atoms with E-state index in [4.69, 9.17) is 4.74 Å². The number of hydrogen-bond acceptors (Lipinski definition) is 6. The molecule has 0 unspecified atom stereocenters. The molecule has 0 bridgehead atoms. The highest BCUT2D eigenvalue weighted by Crippen LogP contribution is 2.24. The van der Waals surface area contributed by atoms with E-state index >= 15 is 0 Å². The predicted molar refractivity (Wildman–Crippen MR) is 97.3 cm³/mol. The molecule has 3 heterocycles. The Morgan fingerprint density at radius 1 is 1.23 bits per heavy atom. The average Bonchev–Trinajstić information content (AvgIpc) is 3.16. The summed E-state index contributed by atoms with van der Waals surface area (Å²) in [6.07, 6.45) is 3.17. The molecular weight excluding hydrogens is 332 g/mol. The van der Waals surface area contributed by atoms with Crippen LogP contribution in [-0.2, 0) is 4.79 Å². The minimum atomic E-state index is -0.00362. The van der Waals surface area contributed by atoms with Gasteiger partial charge in [-0.2, -0.15) is 4.52 Å². The number of carbonyl (C=O) groups is 1. The van der Waals surface area contributed by atoms with Crippen LogP contribution in [-0.4, -0.2) is 45.9 Å². The number of piperidine rings is 1. The van der Waals surface area contributed by atoms with E-state index in [2.05, 4.69) is 25.5 Å². The Morgan fingerprint density at radius 3 is 2.88 bits per heavy atom. The van der Waals surface area contributed by atoms with Crippen molar-refractivity contribution in [3.63, 3.8) is 0 Å². The van der Waals surface area contributed by atoms with Crippen LogP contribution in [0.5, 0.6) is 5.75 Å². The van der Waals surface area contributed by atoms with Crippen LogP contribution in [0.1, 0.15) is 12.8 Å². The van der Waals surface area contributed by atoms with E-state index in [1.54, 1.807) is 18.0 Å². The molecule has 3 aromatic rings. The van der Waals surface area contributed by atoms with Crippen LogP contribution < -0.4 is 15.0 Å². The zero-order valence-corrected chi connectivity index (χ0v) is 14.5. The maximum absolute atomic E-state index is 12.5. The smallest absolute Gasteiger partial charge is 0.227 e. The van der Waals surface area contributed by atoms with E-state index in [0.29, 0.717) is 0 Å². The third kappa shape index (κ3) is 3.30. The van der Waals surface area contributed by atoms with E-state index in [0.717, 1.165) is 48.8 Å². The van der Waals surface area contributed by atoms with Gasteiger partial charge in [0.1, 0.15) is 17.9 Å². The standard InChI is InChI=1S/C18H20N6O2/c1-26-15-4-2-3-14(11-15)20-18(25)13-7-9-23(10-8-13)17-6-5-16-21-19-12-24(16)22-17/h2-6,11-13H,7-10H2,1H3,(H,20,25). The minimum absolute atomic E-state index is 0.00362. The molecule has 0 aliphatic carbocycles. The van der Waals surface area contributed by atoms with Gasteiger partial charge in [0.05, 0.1) is 7.11 Å². The van der Waals surface area contributed by atoms with Gasteiger partial charge in [0.15, 0.2) is 5.65 Å². The van der Waals surface area contributed by atoms with Gasteiger partial charge in [0.2, 0.25) is 5.91 Å². The Bertz CT molecular complexity index is 917. The average molecular weight is 352 g/mol. The molecule has 1 amide bonds. The molecule has 1 aromatic carbocycles. The molecule has 26 heavy (non-hydrogen) atoms. The number of anilines is 2. The minimum Gasteiger partial charge on any atom is -0.497 e. The van der Waals surface area contributed by atoms with Crippen LogP contribution in [0.3, 0.4) is 0 Å². The second-order valence-electron chi connectivity index (χ2n) is 6.31. The SMILES string of the molecule is COc1cccc(NC(=O)C2CCN(c3ccc4nncn4n3)CC2)c1. The molecule has 0 saturated carbocycles. The monoisotopic (exact) mass is 352 g/mol. The predicted octanol–water partition coefficient (Wildman–Crippen LogP) is 1.99. The Balaban J connectivity index is 1.37. The zero-order valence-electron chi connectivity index (χ0n) is 14.5. The number of rotatable bonds is 4. The Hall–Kier alpha value is -3.16. The van der Waals surface area contributed by atoms with Crippen molar-refractivity contribution < 1.29 is 9.53 Å². The second-order valence-corrected chi connectivity index (χ2v) is 6.31. The number of hydrogen-bond donors (Lipinski definition) is 1. The molecule has 0 spiro atoms. The molecule has 134 valence electrons. The first-order chi connectivity index (χ1) is 12.7. The number of amides is 1. The number of nitrogens with one attached hydrogen (secondary N) is 1. The van der Waals surface area contributed by atoms with Crippen molar-refractivity contribution in [2.45, 2.75) is 12.8 Å². The third-order valence-corrected chi connectivity index (χ3v) is 4.67. The number of benzene rings is 1. The fraction of sp³-hybridized carbons (Fsp3) is 0.333. The Kier molecular flexibility index (Phi) is 4.39. The number of methoxy groups -OCH3 is 1. The highest BCUT2D eigenvalue weighted by molar-refractivity contribution is 5.92. The molecule has 2 aromatic heterocycles. The lowest BCUT2D eigenvalue weighted by atomic mass is 9.96. The van der Waals surface area contributed by atoms with Crippen molar-refractivity contribution >= 4 is 23.1 Å². The topological polar surface area (TPSA) is 84.6 Å². The molecule has 1 N–H and O–H groups in total. The molecule has 8 nitrogen and oxygen atoms in total. The van der Waals surface area contributed by atoms with Crippen molar-refractivity contribution in [1.82, 2.24) is 19.8 Å². The van der Waals surface area contributed by atoms with Crippen LogP contribution in [0, 0.1) is 5.92 Å². The third-order valence-electron chi connectivity index (χ3n) is 4.67. The molecule has 1 aliphatic rings. The molecule has 8 heteroatoms. The molecule has 1 fully saturated rings. The summed E-state index contributed by atoms with van der Waals surface area (Å²) in [4.78, 5) is 14.7. The van der Waals surface area contributed by atoms with Crippen molar-refractivity contribution in [3.05, 3.63) is 42.7 Å². The van der Waals surface area contributed by atoms with E-state index in [-0.39, 0.29) is 11.8 Å². The van der Waals surface area contributed by atoms with Crippen LogP contribution >= 0.6 is 0 Å². The van der Waals surface area contributed by atoms with Gasteiger partial charge < -0.3 is 15.0 Å². The summed E-state index contributed by atoms with van der Waals surface area (Å²) in [5, 5.41) is 15.3. The van der Waals surface area contributed by atoms with E-state index in [1.807, 2.05) is 36.4 Å². The zero-order chi connectivity index (χ0) is 17.9. The number of aromatic nitrogens is 4. The highest BCUT2D eigenvalue weighted by Gasteiger charge is 2.26. The van der Waals surface area contributed by atoms with Crippen molar-refractivity contribution in [3.8, 4) is 5.75 Å². The van der Waals surface area contributed by atoms with Crippen molar-refractivity contribution in [1.29, 1.82) is 0 Å². The van der Waals surface area contributed by atoms with Gasteiger partial charge in [-0.05, 0) is 37.1 Å². The lowest BCUT2D eigenvalue weighted by molar-refractivity contribution is -0.120. The number of fused-ring (bicyclic) bond motifs is 1. The first kappa shape index (κ1) is 16.3. The van der Waals surface area contributed by atoms with Gasteiger partial charge in [-0.25, -0.2) is 0 Å². The van der Waals surface area contributed by atoms with Gasteiger partial charge in [0.25, 0.3) is 0 Å². The van der Waals surface area contributed by atoms with E-state index < -0.39 is 0 Å². The summed E-state index contributed by atoms with van der Waals surface area (Å²) in [5.41, 5.74) is 1.48. The maximum Gasteiger partial charge on any atom is 0.227 e. The fourth-order valence-corrected chi connectivity index (χ4v) is 3.20. The highest BCUT2D eigenvalue weighted by atomic mass is 16.5. The quantitative estimate of drug-likeness (QED) is 0.773. The number of nitrogens with zero attached hydrogens (tertiary/aromatic N) is 5. The van der Waals surface area contributed by atoms with Gasteiger partial charge in [-0.15, -0.1) is 15.3 Å². The first-order valence-corrected chi connectivity index (χ1v) is 8.60. The summed E-state index contributed by atoms with van der Waals surface area (Å²) in [5.74, 6) is 1.66. The van der Waals surface area contributed by atoms with Crippen LogP contribution in [0.15, 0.2) is 42.7 Å². The first-order valence-electron chi connectivity index (χ1n) is 8.60. The fourth-order valence-electron chi connectivity index (χ4n) is 3.20. The number of carbonyl (C=O) groups excluding carboxylic acids is 1. The maximum atomic E-state index is 12.5. The van der Waals surface area contributed by atoms with Crippen molar-refractivity contribution in [2.75, 3.05) is 30.4 Å². The normalized spacial score (nSPS) is 15.2. The van der Waals surface area contributed by atoms with Gasteiger partial charge >= 0.3 is 0 Å². The van der Waals surface area contributed by atoms with Gasteiger partial charge in [-0.1, -0.05) is 6.07 Å². The van der Waals surface area contributed by atoms with Gasteiger partial charge in [0, 0.05) is 30.8 Å². The molecule has 4 rings (SSSR count). The van der Waals surface area contributed by atoms with E-state index in [9.17, 15) is 4.79 Å². The summed E-state index contributed by atoms with van der Waals surface area (Å²) >= 11 is 0. The second kappa shape index (κ2) is 6.99.